The molecule has 1 aliphatic heterocycles. The number of aromatic nitrogens is 3. The molecule has 0 bridgehead atoms. The number of anilines is 2. The maximum atomic E-state index is 8.66. The van der Waals surface area contributed by atoms with E-state index in [0.29, 0.717) is 17.1 Å². The summed E-state index contributed by atoms with van der Waals surface area (Å²) in [7, 11) is 0. The summed E-state index contributed by atoms with van der Waals surface area (Å²) in [5, 5.41) is 8.69. The standard InChI is InChI=1S/C67H59N4O.Pt/c1-42-33-43(35-45(34-42)66(5,6)7)50-24-17-25-57-53-21-13-11-19-51(53)52-20-12-14-22-54(52)58-26-18-28-60-64(58)70(63(50)57)41-69(60)47-36-46(67(8,9)10)37-49(39-47)72-48-29-30-56-55-23-15-16-27-59(55)71(61(56)40-48)62-38-44(31-32-68-62)65(2,3)4;/h11-38,41H,1-10H3;/q-3;/i1D3;. The number of aryl methyl sites for hydroxylation is 1. The van der Waals surface area contributed by atoms with Gasteiger partial charge in [-0.25, -0.2) is 4.98 Å². The van der Waals surface area contributed by atoms with Crippen LogP contribution in [0.25, 0.3) is 82.1 Å². The van der Waals surface area contributed by atoms with Crippen molar-refractivity contribution >= 4 is 76.5 Å². The molecule has 1 aliphatic rings. The van der Waals surface area contributed by atoms with Gasteiger partial charge in [-0.1, -0.05) is 194 Å². The van der Waals surface area contributed by atoms with E-state index in [0.717, 1.165) is 105 Å². The fraction of sp³-hybridized carbons (Fsp3) is 0.194. The fourth-order valence-electron chi connectivity index (χ4n) is 10.6. The molecule has 0 fully saturated rings. The van der Waals surface area contributed by atoms with Crippen molar-refractivity contribution in [3.05, 3.63) is 211 Å². The third-order valence-corrected chi connectivity index (χ3v) is 14.4. The number of pyridine rings is 1. The molecule has 6 heteroatoms. The zero-order chi connectivity index (χ0) is 52.3. The average Bonchev–Trinajstić information content (AvgIpc) is 3.94. The molecule has 12 rings (SSSR count). The molecule has 5 nitrogen and oxygen atoms in total. The topological polar surface area (TPSA) is 35.2 Å². The van der Waals surface area contributed by atoms with Gasteiger partial charge in [0.05, 0.1) is 0 Å². The number of rotatable bonds is 5. The van der Waals surface area contributed by atoms with E-state index in [9.17, 15) is 0 Å². The van der Waals surface area contributed by atoms with E-state index >= 15 is 0 Å². The van der Waals surface area contributed by atoms with Crippen molar-refractivity contribution in [1.29, 1.82) is 0 Å². The first-order valence-corrected chi connectivity index (χ1v) is 24.9. The van der Waals surface area contributed by atoms with Gasteiger partial charge in [0.25, 0.3) is 0 Å². The summed E-state index contributed by atoms with van der Waals surface area (Å²) < 4.78 is 37.5. The molecule has 0 saturated heterocycles. The number of hydrogen-bond donors (Lipinski definition) is 0. The van der Waals surface area contributed by atoms with Crippen LogP contribution in [0, 0.1) is 25.7 Å². The second-order valence-electron chi connectivity index (χ2n) is 22.4. The Labute approximate surface area is 447 Å². The van der Waals surface area contributed by atoms with Crippen LogP contribution < -0.4 is 9.64 Å². The maximum Gasteiger partial charge on any atom is 0.135 e. The van der Waals surface area contributed by atoms with Crippen LogP contribution in [-0.4, -0.2) is 14.1 Å². The van der Waals surface area contributed by atoms with E-state index in [-0.39, 0.29) is 37.3 Å². The summed E-state index contributed by atoms with van der Waals surface area (Å²) in [5.74, 6) is 1.95. The van der Waals surface area contributed by atoms with Gasteiger partial charge in [-0.05, 0) is 125 Å². The van der Waals surface area contributed by atoms with Gasteiger partial charge in [0.2, 0.25) is 0 Å². The summed E-state index contributed by atoms with van der Waals surface area (Å²) in [4.78, 5) is 7.14. The van der Waals surface area contributed by atoms with Crippen molar-refractivity contribution < 1.29 is 29.9 Å². The van der Waals surface area contributed by atoms with Crippen LogP contribution in [-0.2, 0) is 37.3 Å². The van der Waals surface area contributed by atoms with Crippen molar-refractivity contribution in [3.8, 4) is 28.4 Å². The summed E-state index contributed by atoms with van der Waals surface area (Å²) in [6, 6.07) is 64.8. The van der Waals surface area contributed by atoms with Crippen LogP contribution in [0.15, 0.2) is 170 Å². The minimum atomic E-state index is -2.31. The number of benzene rings is 8. The van der Waals surface area contributed by atoms with Crippen molar-refractivity contribution in [2.24, 2.45) is 0 Å². The maximum absolute atomic E-state index is 8.66. The third-order valence-electron chi connectivity index (χ3n) is 14.4. The number of hydrogen-bond acceptors (Lipinski definition) is 3. The first-order chi connectivity index (χ1) is 35.7. The Morgan fingerprint density at radius 1 is 0.521 bits per heavy atom. The number of para-hydroxylation sites is 3. The molecule has 8 aromatic carbocycles. The number of ether oxygens (including phenoxy) is 1. The zero-order valence-corrected chi connectivity index (χ0v) is 45.0. The Kier molecular flexibility index (Phi) is 10.8. The van der Waals surface area contributed by atoms with Crippen molar-refractivity contribution in [2.45, 2.75) is 85.4 Å². The molecule has 4 heterocycles. The first kappa shape index (κ1) is 44.4. The Morgan fingerprint density at radius 2 is 1.12 bits per heavy atom. The van der Waals surface area contributed by atoms with E-state index in [1.165, 1.54) is 5.56 Å². The second-order valence-corrected chi connectivity index (χ2v) is 22.4. The summed E-state index contributed by atoms with van der Waals surface area (Å²) in [6.45, 7) is 19.6. The van der Waals surface area contributed by atoms with Gasteiger partial charge in [-0.15, -0.1) is 41.3 Å². The van der Waals surface area contributed by atoms with E-state index in [1.807, 2.05) is 24.4 Å². The molecule has 366 valence electrons. The molecule has 0 saturated carbocycles. The van der Waals surface area contributed by atoms with Gasteiger partial charge in [-0.2, -0.15) is 6.07 Å². The molecule has 0 unspecified atom stereocenters. The molecular weight excluding hydrogens is 1070 g/mol. The molecule has 0 N–H and O–H groups in total. The smallest absolute Gasteiger partial charge is 0.135 e. The molecule has 0 atom stereocenters. The van der Waals surface area contributed by atoms with Crippen molar-refractivity contribution in [3.63, 3.8) is 0 Å². The van der Waals surface area contributed by atoms with Crippen molar-refractivity contribution in [2.75, 3.05) is 4.90 Å². The van der Waals surface area contributed by atoms with E-state index in [2.05, 4.69) is 241 Å². The Morgan fingerprint density at radius 3 is 1.79 bits per heavy atom. The first-order valence-electron chi connectivity index (χ1n) is 26.4. The Balaban J connectivity index is 0.00000616. The molecule has 73 heavy (non-hydrogen) atoms. The van der Waals surface area contributed by atoms with Crippen LogP contribution >= 0.6 is 0 Å². The van der Waals surface area contributed by atoms with Crippen LogP contribution in [0.4, 0.5) is 11.4 Å². The predicted octanol–water partition coefficient (Wildman–Crippen LogP) is 18.1. The van der Waals surface area contributed by atoms with E-state index in [4.69, 9.17) is 13.8 Å². The second kappa shape index (κ2) is 17.7. The minimum Gasteiger partial charge on any atom is -0.509 e. The summed E-state index contributed by atoms with van der Waals surface area (Å²) in [5.41, 5.74) is 10.3. The molecule has 0 aliphatic carbocycles. The number of nitrogens with zero attached hydrogens (tertiary/aromatic N) is 4. The zero-order valence-electron chi connectivity index (χ0n) is 45.8. The van der Waals surface area contributed by atoms with Gasteiger partial charge >= 0.3 is 0 Å². The summed E-state index contributed by atoms with van der Waals surface area (Å²) in [6.07, 6.45) is 1.90. The fourth-order valence-corrected chi connectivity index (χ4v) is 10.6. The van der Waals surface area contributed by atoms with Gasteiger partial charge in [0.1, 0.15) is 5.82 Å². The van der Waals surface area contributed by atoms with Gasteiger partial charge < -0.3 is 18.8 Å². The molecule has 3 aromatic heterocycles. The largest absolute Gasteiger partial charge is 0.509 e. The van der Waals surface area contributed by atoms with Gasteiger partial charge in [0.15, 0.2) is 0 Å². The van der Waals surface area contributed by atoms with Crippen LogP contribution in [0.2, 0.25) is 0 Å². The quantitative estimate of drug-likeness (QED) is 0.161. The molecule has 0 radical (unpaired) electrons. The van der Waals surface area contributed by atoms with E-state index < -0.39 is 6.85 Å². The van der Waals surface area contributed by atoms with Gasteiger partial charge in [0, 0.05) is 54.1 Å². The Bertz CT molecular complexity index is 4170. The summed E-state index contributed by atoms with van der Waals surface area (Å²) >= 11 is 0. The predicted molar refractivity (Wildman–Crippen MR) is 303 cm³/mol. The normalized spacial score (nSPS) is 13.5. The van der Waals surface area contributed by atoms with Crippen LogP contribution in [0.5, 0.6) is 11.5 Å². The molecule has 0 spiro atoms. The SMILES string of the molecule is [2H]C([2H])([2H])c1cc(-c2cccc3c4ccccc4c4ccccc4c4cccc5c4n(c23)[CH-]N5c2[c-]c(Oc3[c-]c4c(cc3)c3ccccc3n4-c3cc(C(C)(C)C)ccn3)cc(C(C)(C)C)c2)cc(C(C)(C)C)c1.[Pt]. The molecule has 0 amide bonds. The van der Waals surface area contributed by atoms with Crippen LogP contribution in [0.3, 0.4) is 0 Å². The minimum absolute atomic E-state index is 0. The van der Waals surface area contributed by atoms with Crippen molar-refractivity contribution in [1.82, 2.24) is 14.1 Å². The Hall–Kier alpha value is -7.33. The average molecular weight is 1130 g/mol. The molecular formula is C67H59N4OPt-3. The number of fused-ring (bicyclic) bond motifs is 10. The van der Waals surface area contributed by atoms with E-state index in [1.54, 1.807) is 0 Å². The monoisotopic (exact) mass is 1130 g/mol. The third kappa shape index (κ3) is 8.32. The van der Waals surface area contributed by atoms with Crippen LogP contribution in [0.1, 0.15) is 88.7 Å². The molecule has 11 aromatic rings. The van der Waals surface area contributed by atoms with Gasteiger partial charge in [-0.3, -0.25) is 0 Å².